The molecule has 0 aliphatic rings. The SMILES string of the molecule is C=CCC(N)C(=O)OC(=O)OC(C)(C)C. The highest BCUT2D eigenvalue weighted by atomic mass is 16.7. The van der Waals surface area contributed by atoms with E-state index in [-0.39, 0.29) is 6.42 Å². The van der Waals surface area contributed by atoms with Crippen LogP contribution in [0.2, 0.25) is 0 Å². The summed E-state index contributed by atoms with van der Waals surface area (Å²) in [6.07, 6.45) is 0.690. The third-order valence-electron chi connectivity index (χ3n) is 1.30. The van der Waals surface area contributed by atoms with Crippen LogP contribution in [0.15, 0.2) is 12.7 Å². The van der Waals surface area contributed by atoms with E-state index in [2.05, 4.69) is 11.3 Å². The minimum Gasteiger partial charge on any atom is -0.428 e. The lowest BCUT2D eigenvalue weighted by Crippen LogP contribution is -2.35. The van der Waals surface area contributed by atoms with Crippen LogP contribution in [-0.4, -0.2) is 23.8 Å². The Morgan fingerprint density at radius 1 is 1.47 bits per heavy atom. The van der Waals surface area contributed by atoms with Crippen LogP contribution >= 0.6 is 0 Å². The molecule has 0 radical (unpaired) electrons. The maximum atomic E-state index is 11.1. The van der Waals surface area contributed by atoms with E-state index in [1.54, 1.807) is 20.8 Å². The molecule has 5 heteroatoms. The maximum Gasteiger partial charge on any atom is 0.516 e. The molecule has 0 spiro atoms. The lowest BCUT2D eigenvalue weighted by molar-refractivity contribution is -0.142. The smallest absolute Gasteiger partial charge is 0.428 e. The molecule has 0 bridgehead atoms. The molecule has 0 rings (SSSR count). The van der Waals surface area contributed by atoms with E-state index in [0.29, 0.717) is 0 Å². The van der Waals surface area contributed by atoms with Crippen LogP contribution < -0.4 is 5.73 Å². The predicted octanol–water partition coefficient (Wildman–Crippen LogP) is 1.37. The van der Waals surface area contributed by atoms with E-state index in [4.69, 9.17) is 10.5 Å². The molecular formula is C10H17NO4. The van der Waals surface area contributed by atoms with E-state index >= 15 is 0 Å². The highest BCUT2D eigenvalue weighted by molar-refractivity contribution is 5.85. The summed E-state index contributed by atoms with van der Waals surface area (Å²) in [4.78, 5) is 22.2. The lowest BCUT2D eigenvalue weighted by atomic mass is 10.2. The van der Waals surface area contributed by atoms with Crippen molar-refractivity contribution in [3.05, 3.63) is 12.7 Å². The molecule has 0 aromatic rings. The third kappa shape index (κ3) is 6.68. The normalized spacial score (nSPS) is 12.8. The number of esters is 1. The second-order valence-electron chi connectivity index (χ2n) is 4.02. The molecule has 0 aliphatic carbocycles. The van der Waals surface area contributed by atoms with Crippen molar-refractivity contribution < 1.29 is 19.1 Å². The van der Waals surface area contributed by atoms with Crippen LogP contribution in [0.1, 0.15) is 27.2 Å². The molecule has 0 aromatic carbocycles. The van der Waals surface area contributed by atoms with Gasteiger partial charge in [0, 0.05) is 0 Å². The van der Waals surface area contributed by atoms with Crippen LogP contribution in [0.3, 0.4) is 0 Å². The van der Waals surface area contributed by atoms with Gasteiger partial charge in [-0.15, -0.1) is 6.58 Å². The van der Waals surface area contributed by atoms with Crippen LogP contribution in [0, 0.1) is 0 Å². The molecule has 86 valence electrons. The second-order valence-corrected chi connectivity index (χ2v) is 4.02. The summed E-state index contributed by atoms with van der Waals surface area (Å²) in [5.41, 5.74) is 4.69. The van der Waals surface area contributed by atoms with E-state index in [0.717, 1.165) is 0 Å². The Kier molecular flexibility index (Phi) is 5.00. The predicted molar refractivity (Wildman–Crippen MR) is 55.1 cm³/mol. The minimum absolute atomic E-state index is 0.252. The monoisotopic (exact) mass is 215 g/mol. The molecule has 0 amide bonds. The summed E-state index contributed by atoms with van der Waals surface area (Å²) in [6, 6.07) is -0.880. The van der Waals surface area contributed by atoms with Crippen molar-refractivity contribution in [1.29, 1.82) is 0 Å². The first kappa shape index (κ1) is 13.6. The van der Waals surface area contributed by atoms with Gasteiger partial charge in [-0.25, -0.2) is 9.59 Å². The van der Waals surface area contributed by atoms with Crippen LogP contribution in [0.4, 0.5) is 4.79 Å². The van der Waals surface area contributed by atoms with Gasteiger partial charge in [0.15, 0.2) is 0 Å². The first-order valence-corrected chi connectivity index (χ1v) is 4.57. The Hall–Kier alpha value is -1.36. The van der Waals surface area contributed by atoms with Crippen LogP contribution in [-0.2, 0) is 14.3 Å². The summed E-state index contributed by atoms with van der Waals surface area (Å²) < 4.78 is 9.14. The molecule has 0 aromatic heterocycles. The summed E-state index contributed by atoms with van der Waals surface area (Å²) in [5, 5.41) is 0. The first-order chi connectivity index (χ1) is 6.76. The van der Waals surface area contributed by atoms with Crippen LogP contribution in [0.5, 0.6) is 0 Å². The summed E-state index contributed by atoms with van der Waals surface area (Å²) >= 11 is 0. The Morgan fingerprint density at radius 3 is 2.40 bits per heavy atom. The molecular weight excluding hydrogens is 198 g/mol. The maximum absolute atomic E-state index is 11.1. The molecule has 0 aliphatic heterocycles. The number of carbonyl (C=O) groups excluding carboxylic acids is 2. The van der Waals surface area contributed by atoms with Gasteiger partial charge in [-0.1, -0.05) is 6.08 Å². The van der Waals surface area contributed by atoms with Crippen molar-refractivity contribution in [3.8, 4) is 0 Å². The molecule has 0 heterocycles. The van der Waals surface area contributed by atoms with Crippen molar-refractivity contribution in [2.45, 2.75) is 38.8 Å². The summed E-state index contributed by atoms with van der Waals surface area (Å²) in [7, 11) is 0. The molecule has 0 fully saturated rings. The molecule has 0 saturated heterocycles. The lowest BCUT2D eigenvalue weighted by Gasteiger charge is -2.18. The third-order valence-corrected chi connectivity index (χ3v) is 1.30. The van der Waals surface area contributed by atoms with Gasteiger partial charge in [0.05, 0.1) is 0 Å². The highest BCUT2D eigenvalue weighted by Gasteiger charge is 2.22. The number of carbonyl (C=O) groups is 2. The Balaban J connectivity index is 4.07. The van der Waals surface area contributed by atoms with E-state index in [1.165, 1.54) is 6.08 Å². The van der Waals surface area contributed by atoms with Gasteiger partial charge in [0.2, 0.25) is 0 Å². The summed E-state index contributed by atoms with van der Waals surface area (Å²) in [5.74, 6) is -0.816. The van der Waals surface area contributed by atoms with E-state index in [1.807, 2.05) is 0 Å². The van der Waals surface area contributed by atoms with E-state index < -0.39 is 23.8 Å². The van der Waals surface area contributed by atoms with Gasteiger partial charge >= 0.3 is 12.1 Å². The quantitative estimate of drug-likeness (QED) is 0.437. The number of nitrogens with two attached hydrogens (primary N) is 1. The first-order valence-electron chi connectivity index (χ1n) is 4.57. The zero-order valence-electron chi connectivity index (χ0n) is 9.28. The Morgan fingerprint density at radius 2 is 2.00 bits per heavy atom. The number of hydrogen-bond acceptors (Lipinski definition) is 5. The Labute approximate surface area is 89.2 Å². The number of rotatable bonds is 3. The second kappa shape index (κ2) is 5.50. The topological polar surface area (TPSA) is 78.6 Å². The average molecular weight is 215 g/mol. The molecule has 2 N–H and O–H groups in total. The molecule has 0 saturated carbocycles. The fraction of sp³-hybridized carbons (Fsp3) is 0.600. The average Bonchev–Trinajstić information content (AvgIpc) is 2.00. The molecule has 1 atom stereocenters. The van der Waals surface area contributed by atoms with Gasteiger partial charge in [0.1, 0.15) is 11.6 Å². The fourth-order valence-electron chi connectivity index (χ4n) is 0.704. The van der Waals surface area contributed by atoms with Gasteiger partial charge in [0.25, 0.3) is 0 Å². The standard InChI is InChI=1S/C10H17NO4/c1-5-6-7(11)8(12)14-9(13)15-10(2,3)4/h5,7H,1,6,11H2,2-4H3. The van der Waals surface area contributed by atoms with Gasteiger partial charge in [-0.05, 0) is 27.2 Å². The molecule has 5 nitrogen and oxygen atoms in total. The minimum atomic E-state index is -1.04. The zero-order valence-corrected chi connectivity index (χ0v) is 9.28. The van der Waals surface area contributed by atoms with Gasteiger partial charge in [-0.3, -0.25) is 0 Å². The van der Waals surface area contributed by atoms with E-state index in [9.17, 15) is 9.59 Å². The summed E-state index contributed by atoms with van der Waals surface area (Å²) in [6.45, 7) is 8.42. The Bertz CT molecular complexity index is 255. The van der Waals surface area contributed by atoms with Crippen LogP contribution in [0.25, 0.3) is 0 Å². The van der Waals surface area contributed by atoms with Gasteiger partial charge < -0.3 is 15.2 Å². The molecule has 1 unspecified atom stereocenters. The largest absolute Gasteiger partial charge is 0.516 e. The van der Waals surface area contributed by atoms with Crippen molar-refractivity contribution in [2.24, 2.45) is 5.73 Å². The highest BCUT2D eigenvalue weighted by Crippen LogP contribution is 2.08. The van der Waals surface area contributed by atoms with Crippen molar-refractivity contribution in [2.75, 3.05) is 0 Å². The van der Waals surface area contributed by atoms with Crippen molar-refractivity contribution >= 4 is 12.1 Å². The van der Waals surface area contributed by atoms with Crippen molar-refractivity contribution in [1.82, 2.24) is 0 Å². The molecule has 15 heavy (non-hydrogen) atoms. The number of ether oxygens (including phenoxy) is 2. The fourth-order valence-corrected chi connectivity index (χ4v) is 0.704. The number of hydrogen-bond donors (Lipinski definition) is 1. The zero-order chi connectivity index (χ0) is 12.1. The van der Waals surface area contributed by atoms with Gasteiger partial charge in [-0.2, -0.15) is 0 Å². The van der Waals surface area contributed by atoms with Crippen molar-refractivity contribution in [3.63, 3.8) is 0 Å².